The molecule has 1 unspecified atom stereocenters. The number of hydrogen-bond donors (Lipinski definition) is 2. The number of aliphatic hydroxyl groups is 1. The van der Waals surface area contributed by atoms with Crippen LogP contribution in [0.15, 0.2) is 18.2 Å². The van der Waals surface area contributed by atoms with E-state index in [4.69, 9.17) is 28.9 Å². The topological polar surface area (TPSA) is 46.2 Å². The van der Waals surface area contributed by atoms with Gasteiger partial charge in [-0.2, -0.15) is 0 Å². The van der Waals surface area contributed by atoms with E-state index in [0.717, 1.165) is 5.56 Å². The molecule has 0 fully saturated rings. The molecule has 0 saturated carbocycles. The quantitative estimate of drug-likeness (QED) is 0.826. The number of halogens is 2. The number of benzene rings is 1. The highest BCUT2D eigenvalue weighted by Gasteiger charge is 2.24. The minimum absolute atomic E-state index is 0.448. The molecule has 78 valence electrons. The first-order chi connectivity index (χ1) is 6.32. The maximum Gasteiger partial charge on any atom is 0.0783 e. The summed E-state index contributed by atoms with van der Waals surface area (Å²) in [4.78, 5) is 0. The second-order valence-corrected chi connectivity index (χ2v) is 4.62. The van der Waals surface area contributed by atoms with Gasteiger partial charge in [-0.05, 0) is 31.5 Å². The molecule has 0 aliphatic carbocycles. The molecule has 0 heterocycles. The summed E-state index contributed by atoms with van der Waals surface area (Å²) in [6.07, 6.45) is 0. The molecule has 2 nitrogen and oxygen atoms in total. The third-order valence-electron chi connectivity index (χ3n) is 2.06. The van der Waals surface area contributed by atoms with Crippen LogP contribution in [0.1, 0.15) is 25.5 Å². The maximum atomic E-state index is 9.70. The van der Waals surface area contributed by atoms with Gasteiger partial charge < -0.3 is 10.8 Å². The third-order valence-corrected chi connectivity index (χ3v) is 2.80. The zero-order valence-electron chi connectivity index (χ0n) is 8.09. The summed E-state index contributed by atoms with van der Waals surface area (Å²) in [6, 6.07) is 4.63. The largest absolute Gasteiger partial charge is 0.388 e. The van der Waals surface area contributed by atoms with E-state index >= 15 is 0 Å². The molecule has 0 aromatic heterocycles. The lowest BCUT2D eigenvalue weighted by molar-refractivity contribution is 0.0517. The Hall–Kier alpha value is -0.280. The van der Waals surface area contributed by atoms with Crippen molar-refractivity contribution in [2.24, 2.45) is 5.73 Å². The van der Waals surface area contributed by atoms with Gasteiger partial charge in [-0.1, -0.05) is 29.3 Å². The van der Waals surface area contributed by atoms with Crippen molar-refractivity contribution in [2.75, 3.05) is 0 Å². The van der Waals surface area contributed by atoms with Gasteiger partial charge in [0.15, 0.2) is 0 Å². The van der Waals surface area contributed by atoms with Crippen molar-refractivity contribution in [3.05, 3.63) is 33.8 Å². The van der Waals surface area contributed by atoms with Crippen LogP contribution in [-0.4, -0.2) is 10.7 Å². The van der Waals surface area contributed by atoms with Gasteiger partial charge >= 0.3 is 0 Å². The van der Waals surface area contributed by atoms with E-state index in [2.05, 4.69) is 0 Å². The van der Waals surface area contributed by atoms with Crippen molar-refractivity contribution >= 4 is 23.2 Å². The molecular weight excluding hydrogens is 221 g/mol. The Morgan fingerprint density at radius 1 is 1.29 bits per heavy atom. The van der Waals surface area contributed by atoms with Crippen molar-refractivity contribution < 1.29 is 5.11 Å². The monoisotopic (exact) mass is 233 g/mol. The van der Waals surface area contributed by atoms with E-state index in [1.54, 1.807) is 32.0 Å². The summed E-state index contributed by atoms with van der Waals surface area (Å²) in [7, 11) is 0. The Kier molecular flexibility index (Phi) is 3.43. The summed E-state index contributed by atoms with van der Waals surface area (Å²) in [6.45, 7) is 3.31. The van der Waals surface area contributed by atoms with E-state index in [1.807, 2.05) is 0 Å². The second-order valence-electron chi connectivity index (χ2n) is 3.80. The molecule has 0 aliphatic rings. The second kappa shape index (κ2) is 4.07. The average Bonchev–Trinajstić information content (AvgIpc) is 2.07. The van der Waals surface area contributed by atoms with Crippen LogP contribution in [0.5, 0.6) is 0 Å². The Morgan fingerprint density at radius 3 is 2.29 bits per heavy atom. The van der Waals surface area contributed by atoms with Crippen LogP contribution >= 0.6 is 23.2 Å². The lowest BCUT2D eigenvalue weighted by Crippen LogP contribution is -2.35. The van der Waals surface area contributed by atoms with Crippen LogP contribution in [0, 0.1) is 0 Å². The van der Waals surface area contributed by atoms with Gasteiger partial charge in [0.05, 0.1) is 21.7 Å². The smallest absolute Gasteiger partial charge is 0.0783 e. The predicted octanol–water partition coefficient (Wildman–Crippen LogP) is 2.76. The third kappa shape index (κ3) is 2.61. The van der Waals surface area contributed by atoms with Gasteiger partial charge in [-0.15, -0.1) is 0 Å². The summed E-state index contributed by atoms with van der Waals surface area (Å²) in [5, 5.41) is 10.6. The lowest BCUT2D eigenvalue weighted by atomic mass is 9.93. The molecule has 4 heteroatoms. The van der Waals surface area contributed by atoms with Crippen molar-refractivity contribution in [3.8, 4) is 0 Å². The normalized spacial score (nSPS) is 14.1. The maximum absolute atomic E-state index is 9.70. The average molecular weight is 234 g/mol. The first-order valence-electron chi connectivity index (χ1n) is 4.25. The highest BCUT2D eigenvalue weighted by atomic mass is 35.5. The fraction of sp³-hybridized carbons (Fsp3) is 0.400. The van der Waals surface area contributed by atoms with Crippen LogP contribution in [0.2, 0.25) is 10.0 Å². The standard InChI is InChI=1S/C10H13Cl2NO/c1-10(2,14)9(13)6-3-4-7(11)8(12)5-6/h3-5,9,14H,13H2,1-2H3. The highest BCUT2D eigenvalue weighted by Crippen LogP contribution is 2.28. The molecule has 14 heavy (non-hydrogen) atoms. The molecule has 1 atom stereocenters. The minimum atomic E-state index is -0.975. The molecule has 1 aromatic rings. The van der Waals surface area contributed by atoms with E-state index in [9.17, 15) is 5.11 Å². The number of nitrogens with two attached hydrogens (primary N) is 1. The fourth-order valence-electron chi connectivity index (χ4n) is 1.11. The number of hydrogen-bond acceptors (Lipinski definition) is 2. The van der Waals surface area contributed by atoms with Gasteiger partial charge in [0.1, 0.15) is 0 Å². The summed E-state index contributed by atoms with van der Waals surface area (Å²) in [5.74, 6) is 0. The van der Waals surface area contributed by atoms with Gasteiger partial charge in [-0.3, -0.25) is 0 Å². The molecule has 0 aliphatic heterocycles. The molecule has 1 aromatic carbocycles. The van der Waals surface area contributed by atoms with Gasteiger partial charge in [0, 0.05) is 0 Å². The van der Waals surface area contributed by atoms with Crippen LogP contribution in [-0.2, 0) is 0 Å². The molecule has 0 saturated heterocycles. The Bertz CT molecular complexity index is 333. The Labute approximate surface area is 93.6 Å². The van der Waals surface area contributed by atoms with Crippen molar-refractivity contribution in [2.45, 2.75) is 25.5 Å². The van der Waals surface area contributed by atoms with Crippen LogP contribution < -0.4 is 5.73 Å². The van der Waals surface area contributed by atoms with Crippen LogP contribution in [0.4, 0.5) is 0 Å². The zero-order chi connectivity index (χ0) is 10.9. The Balaban J connectivity index is 3.03. The molecule has 0 bridgehead atoms. The SMILES string of the molecule is CC(C)(O)C(N)c1ccc(Cl)c(Cl)c1. The highest BCUT2D eigenvalue weighted by molar-refractivity contribution is 6.42. The predicted molar refractivity (Wildman–Crippen MR) is 59.7 cm³/mol. The van der Waals surface area contributed by atoms with E-state index in [1.165, 1.54) is 0 Å². The first-order valence-corrected chi connectivity index (χ1v) is 5.01. The Morgan fingerprint density at radius 2 is 1.86 bits per heavy atom. The molecule has 0 amide bonds. The number of rotatable bonds is 2. The van der Waals surface area contributed by atoms with Gasteiger partial charge in [0.2, 0.25) is 0 Å². The van der Waals surface area contributed by atoms with Crippen LogP contribution in [0.25, 0.3) is 0 Å². The van der Waals surface area contributed by atoms with E-state index in [-0.39, 0.29) is 0 Å². The van der Waals surface area contributed by atoms with Gasteiger partial charge in [-0.25, -0.2) is 0 Å². The van der Waals surface area contributed by atoms with E-state index < -0.39 is 11.6 Å². The summed E-state index contributed by atoms with van der Waals surface area (Å²) < 4.78 is 0. The van der Waals surface area contributed by atoms with Crippen LogP contribution in [0.3, 0.4) is 0 Å². The van der Waals surface area contributed by atoms with Crippen molar-refractivity contribution in [1.29, 1.82) is 0 Å². The fourth-order valence-corrected chi connectivity index (χ4v) is 1.42. The molecule has 0 spiro atoms. The molecule has 0 radical (unpaired) electrons. The van der Waals surface area contributed by atoms with Crippen molar-refractivity contribution in [1.82, 2.24) is 0 Å². The molecular formula is C10H13Cl2NO. The van der Waals surface area contributed by atoms with Gasteiger partial charge in [0.25, 0.3) is 0 Å². The summed E-state index contributed by atoms with van der Waals surface area (Å²) >= 11 is 11.6. The molecule has 3 N–H and O–H groups in total. The zero-order valence-corrected chi connectivity index (χ0v) is 9.60. The lowest BCUT2D eigenvalue weighted by Gasteiger charge is -2.26. The molecule has 1 rings (SSSR count). The van der Waals surface area contributed by atoms with Crippen molar-refractivity contribution in [3.63, 3.8) is 0 Å². The first kappa shape index (κ1) is 11.8. The van der Waals surface area contributed by atoms with E-state index in [0.29, 0.717) is 10.0 Å². The minimum Gasteiger partial charge on any atom is -0.388 e. The summed E-state index contributed by atoms with van der Waals surface area (Å²) in [5.41, 5.74) is 5.63.